The van der Waals surface area contributed by atoms with Gasteiger partial charge in [0.15, 0.2) is 0 Å². The van der Waals surface area contributed by atoms with Gasteiger partial charge >= 0.3 is 0 Å². The van der Waals surface area contributed by atoms with E-state index >= 15 is 0 Å². The molecular formula is C11H21NO2. The Hall–Kier alpha value is -0.570. The van der Waals surface area contributed by atoms with Crippen LogP contribution in [0.15, 0.2) is 0 Å². The predicted molar refractivity (Wildman–Crippen MR) is 56.1 cm³/mol. The summed E-state index contributed by atoms with van der Waals surface area (Å²) in [6.07, 6.45) is 1.66. The number of carbonyl (C=O) groups is 1. The van der Waals surface area contributed by atoms with Crippen LogP contribution in [0.4, 0.5) is 0 Å². The number of amides is 1. The molecule has 3 heteroatoms. The molecule has 0 bridgehead atoms. The van der Waals surface area contributed by atoms with Crippen LogP contribution in [0.5, 0.6) is 0 Å². The highest BCUT2D eigenvalue weighted by atomic mass is 16.5. The quantitative estimate of drug-likeness (QED) is 0.677. The molecule has 0 N–H and O–H groups in total. The van der Waals surface area contributed by atoms with Gasteiger partial charge in [-0.15, -0.1) is 0 Å². The van der Waals surface area contributed by atoms with E-state index in [-0.39, 0.29) is 11.4 Å². The number of ether oxygens (including phenoxy) is 1. The number of hydrogen-bond donors (Lipinski definition) is 0. The lowest BCUT2D eigenvalue weighted by molar-refractivity contribution is -0.135. The molecule has 1 aliphatic rings. The maximum atomic E-state index is 11.8. The second-order valence-electron chi connectivity index (χ2n) is 5.06. The van der Waals surface area contributed by atoms with Crippen LogP contribution in [0.3, 0.4) is 0 Å². The van der Waals surface area contributed by atoms with Gasteiger partial charge in [0.05, 0.1) is 0 Å². The van der Waals surface area contributed by atoms with E-state index in [1.165, 1.54) is 0 Å². The molecule has 0 aromatic rings. The van der Waals surface area contributed by atoms with Crippen LogP contribution in [0.1, 0.15) is 33.6 Å². The maximum absolute atomic E-state index is 11.8. The van der Waals surface area contributed by atoms with Crippen molar-refractivity contribution < 1.29 is 9.53 Å². The van der Waals surface area contributed by atoms with Crippen molar-refractivity contribution in [2.45, 2.75) is 39.2 Å². The third-order valence-electron chi connectivity index (χ3n) is 2.87. The predicted octanol–water partition coefficient (Wildman–Crippen LogP) is 1.67. The third-order valence-corrected chi connectivity index (χ3v) is 2.87. The Bertz CT molecular complexity index is 202. The van der Waals surface area contributed by atoms with Gasteiger partial charge in [0.2, 0.25) is 5.91 Å². The summed E-state index contributed by atoms with van der Waals surface area (Å²) in [6, 6.07) is 0. The molecule has 0 aliphatic carbocycles. The summed E-state index contributed by atoms with van der Waals surface area (Å²) in [5.74, 6) is 0.667. The molecule has 1 aliphatic heterocycles. The number of carbonyl (C=O) groups excluding carboxylic acids is 1. The molecule has 1 rings (SSSR count). The van der Waals surface area contributed by atoms with Crippen molar-refractivity contribution in [3.63, 3.8) is 0 Å². The highest BCUT2D eigenvalue weighted by Gasteiger charge is 2.26. The largest absolute Gasteiger partial charge is 0.381 e. The van der Waals surface area contributed by atoms with Crippen molar-refractivity contribution in [3.8, 4) is 0 Å². The van der Waals surface area contributed by atoms with E-state index in [1.807, 2.05) is 11.9 Å². The topological polar surface area (TPSA) is 29.5 Å². The summed E-state index contributed by atoms with van der Waals surface area (Å²) in [5.41, 5.74) is -0.0729. The number of rotatable bonds is 2. The molecule has 1 heterocycles. The van der Waals surface area contributed by atoms with Crippen molar-refractivity contribution in [2.75, 3.05) is 20.3 Å². The summed E-state index contributed by atoms with van der Waals surface area (Å²) in [4.78, 5) is 13.6. The van der Waals surface area contributed by atoms with Gasteiger partial charge in [0.25, 0.3) is 0 Å². The first-order chi connectivity index (χ1) is 6.41. The normalized spacial score (nSPS) is 22.4. The van der Waals surface area contributed by atoms with Crippen LogP contribution in [0.25, 0.3) is 0 Å². The van der Waals surface area contributed by atoms with Gasteiger partial charge in [-0.25, -0.2) is 0 Å². The highest BCUT2D eigenvalue weighted by molar-refractivity contribution is 5.76. The lowest BCUT2D eigenvalue weighted by atomic mass is 10.0. The molecule has 3 nitrogen and oxygen atoms in total. The summed E-state index contributed by atoms with van der Waals surface area (Å²) < 4.78 is 5.25. The van der Waals surface area contributed by atoms with Gasteiger partial charge in [0, 0.05) is 32.2 Å². The minimum Gasteiger partial charge on any atom is -0.381 e. The van der Waals surface area contributed by atoms with Crippen molar-refractivity contribution in [1.29, 1.82) is 0 Å². The summed E-state index contributed by atoms with van der Waals surface area (Å²) in [7, 11) is 1.87. The zero-order valence-corrected chi connectivity index (χ0v) is 9.67. The third kappa shape index (κ3) is 2.98. The van der Waals surface area contributed by atoms with Crippen LogP contribution in [0.2, 0.25) is 0 Å². The number of hydrogen-bond acceptors (Lipinski definition) is 2. The monoisotopic (exact) mass is 199 g/mol. The van der Waals surface area contributed by atoms with Crippen molar-refractivity contribution in [1.82, 2.24) is 4.90 Å². The lowest BCUT2D eigenvalue weighted by Crippen LogP contribution is -2.43. The Morgan fingerprint density at radius 1 is 1.50 bits per heavy atom. The molecule has 82 valence electrons. The van der Waals surface area contributed by atoms with Crippen LogP contribution in [-0.2, 0) is 9.53 Å². The van der Waals surface area contributed by atoms with E-state index in [2.05, 4.69) is 20.8 Å². The summed E-state index contributed by atoms with van der Waals surface area (Å²) in [5, 5.41) is 0. The Labute approximate surface area is 86.4 Å². The lowest BCUT2D eigenvalue weighted by Gasteiger charge is -2.32. The maximum Gasteiger partial charge on any atom is 0.223 e. The highest BCUT2D eigenvalue weighted by Crippen LogP contribution is 2.20. The Kier molecular flexibility index (Phi) is 3.53. The van der Waals surface area contributed by atoms with Crippen LogP contribution >= 0.6 is 0 Å². The standard InChI is InChI=1S/C11H21NO2/c1-11(2,3)12(4)10(13)7-9-5-6-14-8-9/h9H,5-8H2,1-4H3/t9-/m1/s1. The SMILES string of the molecule is CN(C(=O)C[C@H]1CCOC1)C(C)(C)C. The van der Waals surface area contributed by atoms with E-state index in [4.69, 9.17) is 4.74 Å². The molecule has 0 radical (unpaired) electrons. The molecule has 0 saturated carbocycles. The van der Waals surface area contributed by atoms with E-state index in [0.717, 1.165) is 19.6 Å². The minimum absolute atomic E-state index is 0.0729. The van der Waals surface area contributed by atoms with Crippen LogP contribution in [0, 0.1) is 5.92 Å². The molecule has 1 amide bonds. The Morgan fingerprint density at radius 2 is 2.14 bits per heavy atom. The minimum atomic E-state index is -0.0729. The van der Waals surface area contributed by atoms with Crippen LogP contribution < -0.4 is 0 Å². The first-order valence-electron chi connectivity index (χ1n) is 5.25. The van der Waals surface area contributed by atoms with Gasteiger partial charge in [-0.2, -0.15) is 0 Å². The van der Waals surface area contributed by atoms with E-state index < -0.39 is 0 Å². The van der Waals surface area contributed by atoms with Crippen LogP contribution in [-0.4, -0.2) is 36.6 Å². The van der Waals surface area contributed by atoms with Gasteiger partial charge in [0.1, 0.15) is 0 Å². The molecule has 14 heavy (non-hydrogen) atoms. The molecule has 0 unspecified atom stereocenters. The molecule has 1 atom stereocenters. The number of nitrogens with zero attached hydrogens (tertiary/aromatic N) is 1. The average Bonchev–Trinajstić information content (AvgIpc) is 2.53. The molecule has 0 spiro atoms. The summed E-state index contributed by atoms with van der Waals surface area (Å²) in [6.45, 7) is 7.73. The molecular weight excluding hydrogens is 178 g/mol. The first kappa shape index (κ1) is 11.5. The summed E-state index contributed by atoms with van der Waals surface area (Å²) >= 11 is 0. The van der Waals surface area contributed by atoms with E-state index in [1.54, 1.807) is 0 Å². The second-order valence-corrected chi connectivity index (χ2v) is 5.06. The Balaban J connectivity index is 2.41. The second kappa shape index (κ2) is 4.30. The smallest absolute Gasteiger partial charge is 0.223 e. The van der Waals surface area contributed by atoms with Crippen molar-refractivity contribution in [3.05, 3.63) is 0 Å². The van der Waals surface area contributed by atoms with E-state index in [9.17, 15) is 4.79 Å². The van der Waals surface area contributed by atoms with Crippen molar-refractivity contribution >= 4 is 5.91 Å². The van der Waals surface area contributed by atoms with Crippen molar-refractivity contribution in [2.24, 2.45) is 5.92 Å². The van der Waals surface area contributed by atoms with Gasteiger partial charge in [-0.05, 0) is 33.1 Å². The van der Waals surface area contributed by atoms with Gasteiger partial charge < -0.3 is 9.64 Å². The fourth-order valence-electron chi connectivity index (χ4n) is 1.50. The zero-order valence-electron chi connectivity index (χ0n) is 9.67. The fraction of sp³-hybridized carbons (Fsp3) is 0.909. The molecule has 1 fully saturated rings. The average molecular weight is 199 g/mol. The fourth-order valence-corrected chi connectivity index (χ4v) is 1.50. The molecule has 0 aromatic heterocycles. The Morgan fingerprint density at radius 3 is 2.57 bits per heavy atom. The van der Waals surface area contributed by atoms with Gasteiger partial charge in [-0.3, -0.25) is 4.79 Å². The first-order valence-corrected chi connectivity index (χ1v) is 5.25. The molecule has 1 saturated heterocycles. The van der Waals surface area contributed by atoms with Gasteiger partial charge in [-0.1, -0.05) is 0 Å². The van der Waals surface area contributed by atoms with E-state index in [0.29, 0.717) is 12.3 Å². The zero-order chi connectivity index (χ0) is 10.8. The molecule has 0 aromatic carbocycles.